The smallest absolute Gasteiger partial charge is 0.274 e. The lowest BCUT2D eigenvalue weighted by molar-refractivity contribution is 0.0725. The van der Waals surface area contributed by atoms with Crippen LogP contribution >= 0.6 is 11.6 Å². The molecule has 0 aliphatic carbocycles. The average Bonchev–Trinajstić information content (AvgIpc) is 2.86. The fraction of sp³-hybridized carbons (Fsp3) is 0.333. The van der Waals surface area contributed by atoms with Crippen molar-refractivity contribution in [3.63, 3.8) is 0 Å². The van der Waals surface area contributed by atoms with Gasteiger partial charge in [0, 0.05) is 18.8 Å². The number of likely N-dealkylation sites (N-methyl/N-ethyl adjacent to an activating group) is 1. The molecule has 0 atom stereocenters. The summed E-state index contributed by atoms with van der Waals surface area (Å²) < 4.78 is 1.66. The summed E-state index contributed by atoms with van der Waals surface area (Å²) in [6.45, 7) is 4.50. The summed E-state index contributed by atoms with van der Waals surface area (Å²) in [4.78, 5) is 13.9. The van der Waals surface area contributed by atoms with Crippen LogP contribution in [0.25, 0.3) is 5.69 Å². The van der Waals surface area contributed by atoms with Crippen molar-refractivity contribution in [2.75, 3.05) is 19.7 Å². The van der Waals surface area contributed by atoms with Gasteiger partial charge in [-0.2, -0.15) is 5.10 Å². The van der Waals surface area contributed by atoms with Gasteiger partial charge in [0.1, 0.15) is 0 Å². The summed E-state index contributed by atoms with van der Waals surface area (Å²) in [6, 6.07) is 9.07. The summed E-state index contributed by atoms with van der Waals surface area (Å²) >= 11 is 6.17. The van der Waals surface area contributed by atoms with Crippen molar-refractivity contribution >= 4 is 17.5 Å². The zero-order valence-electron chi connectivity index (χ0n) is 12.1. The highest BCUT2D eigenvalue weighted by Gasteiger charge is 2.19. The Labute approximate surface area is 128 Å². The number of aliphatic hydroxyl groups is 1. The number of carbonyl (C=O) groups is 1. The van der Waals surface area contributed by atoms with Crippen LogP contribution in [0.3, 0.4) is 0 Å². The molecule has 0 aliphatic rings. The highest BCUT2D eigenvalue weighted by Crippen LogP contribution is 2.21. The Bertz CT molecular complexity index is 640. The summed E-state index contributed by atoms with van der Waals surface area (Å²) in [5.74, 6) is -0.194. The largest absolute Gasteiger partial charge is 0.395 e. The number of hydrogen-bond acceptors (Lipinski definition) is 3. The molecule has 0 radical (unpaired) electrons. The van der Waals surface area contributed by atoms with Gasteiger partial charge in [0.25, 0.3) is 5.91 Å². The molecule has 2 rings (SSSR count). The maximum absolute atomic E-state index is 12.4. The molecule has 5 nitrogen and oxygen atoms in total. The van der Waals surface area contributed by atoms with Crippen molar-refractivity contribution in [2.24, 2.45) is 0 Å². The standard InChI is InChI=1S/C15H18ClN3O2/c1-3-18(8-9-20)15(21)13-10-11(2)19(17-13)14-7-5-4-6-12(14)16/h4-7,10,20H,3,8-9H2,1-2H3. The second-order valence-electron chi connectivity index (χ2n) is 4.64. The van der Waals surface area contributed by atoms with Crippen LogP contribution in [0.1, 0.15) is 23.1 Å². The van der Waals surface area contributed by atoms with Crippen LogP contribution < -0.4 is 0 Å². The second kappa shape index (κ2) is 6.74. The van der Waals surface area contributed by atoms with E-state index in [1.54, 1.807) is 21.7 Å². The average molecular weight is 308 g/mol. The van der Waals surface area contributed by atoms with Crippen LogP contribution in [0.2, 0.25) is 5.02 Å². The van der Waals surface area contributed by atoms with Gasteiger partial charge in [-0.1, -0.05) is 23.7 Å². The Balaban J connectivity index is 2.35. The summed E-state index contributed by atoms with van der Waals surface area (Å²) in [7, 11) is 0. The number of halogens is 1. The monoisotopic (exact) mass is 307 g/mol. The van der Waals surface area contributed by atoms with E-state index in [4.69, 9.17) is 16.7 Å². The molecule has 1 heterocycles. The van der Waals surface area contributed by atoms with Gasteiger partial charge in [-0.25, -0.2) is 4.68 Å². The Morgan fingerprint density at radius 3 is 2.76 bits per heavy atom. The molecule has 2 aromatic rings. The van der Waals surface area contributed by atoms with Gasteiger partial charge in [0.15, 0.2) is 5.69 Å². The van der Waals surface area contributed by atoms with Crippen molar-refractivity contribution in [1.82, 2.24) is 14.7 Å². The van der Waals surface area contributed by atoms with Crippen LogP contribution in [0.5, 0.6) is 0 Å². The van der Waals surface area contributed by atoms with Gasteiger partial charge < -0.3 is 10.0 Å². The lowest BCUT2D eigenvalue weighted by atomic mass is 10.3. The number of benzene rings is 1. The lowest BCUT2D eigenvalue weighted by Gasteiger charge is -2.18. The zero-order chi connectivity index (χ0) is 15.4. The number of hydrogen-bond donors (Lipinski definition) is 1. The fourth-order valence-corrected chi connectivity index (χ4v) is 2.35. The highest BCUT2D eigenvalue weighted by molar-refractivity contribution is 6.32. The predicted octanol–water partition coefficient (Wildman–Crippen LogP) is 2.29. The first kappa shape index (κ1) is 15.5. The number of carbonyl (C=O) groups excluding carboxylic acids is 1. The molecule has 1 aromatic carbocycles. The van der Waals surface area contributed by atoms with Crippen molar-refractivity contribution in [3.8, 4) is 5.69 Å². The first-order chi connectivity index (χ1) is 10.1. The summed E-state index contributed by atoms with van der Waals surface area (Å²) in [6.07, 6.45) is 0. The molecule has 1 aromatic heterocycles. The van der Waals surface area contributed by atoms with E-state index in [2.05, 4.69) is 5.10 Å². The zero-order valence-corrected chi connectivity index (χ0v) is 12.8. The third kappa shape index (κ3) is 3.25. The molecule has 21 heavy (non-hydrogen) atoms. The van der Waals surface area contributed by atoms with E-state index in [1.165, 1.54) is 0 Å². The van der Waals surface area contributed by atoms with Crippen molar-refractivity contribution in [1.29, 1.82) is 0 Å². The summed E-state index contributed by atoms with van der Waals surface area (Å²) in [5.41, 5.74) is 1.91. The molecule has 0 aliphatic heterocycles. The molecule has 0 saturated carbocycles. The molecule has 6 heteroatoms. The molecule has 0 spiro atoms. The normalized spacial score (nSPS) is 10.7. The molecule has 1 N–H and O–H groups in total. The molecular formula is C15H18ClN3O2. The topological polar surface area (TPSA) is 58.4 Å². The van der Waals surface area contributed by atoms with E-state index < -0.39 is 0 Å². The maximum Gasteiger partial charge on any atom is 0.274 e. The number of aromatic nitrogens is 2. The SMILES string of the molecule is CCN(CCO)C(=O)c1cc(C)n(-c2ccccc2Cl)n1. The predicted molar refractivity (Wildman–Crippen MR) is 82.0 cm³/mol. The van der Waals surface area contributed by atoms with Gasteiger partial charge in [-0.3, -0.25) is 4.79 Å². The van der Waals surface area contributed by atoms with Crippen LogP contribution in [-0.2, 0) is 0 Å². The van der Waals surface area contributed by atoms with Gasteiger partial charge in [-0.05, 0) is 32.0 Å². The van der Waals surface area contributed by atoms with Gasteiger partial charge in [0.05, 0.1) is 17.3 Å². The number of aryl methyl sites for hydroxylation is 1. The van der Waals surface area contributed by atoms with Crippen LogP contribution in [-0.4, -0.2) is 45.4 Å². The minimum Gasteiger partial charge on any atom is -0.395 e. The van der Waals surface area contributed by atoms with E-state index >= 15 is 0 Å². The minimum atomic E-state index is -0.194. The highest BCUT2D eigenvalue weighted by atomic mass is 35.5. The maximum atomic E-state index is 12.4. The number of rotatable bonds is 5. The second-order valence-corrected chi connectivity index (χ2v) is 5.05. The minimum absolute atomic E-state index is 0.0657. The van der Waals surface area contributed by atoms with Gasteiger partial charge >= 0.3 is 0 Å². The lowest BCUT2D eigenvalue weighted by Crippen LogP contribution is -2.33. The molecule has 0 saturated heterocycles. The van der Waals surface area contributed by atoms with E-state index in [9.17, 15) is 4.79 Å². The van der Waals surface area contributed by atoms with E-state index in [0.717, 1.165) is 11.4 Å². The Morgan fingerprint density at radius 1 is 1.43 bits per heavy atom. The molecule has 0 fully saturated rings. The molecule has 0 bridgehead atoms. The Morgan fingerprint density at radius 2 is 2.14 bits per heavy atom. The van der Waals surface area contributed by atoms with Crippen molar-refractivity contribution in [2.45, 2.75) is 13.8 Å². The van der Waals surface area contributed by atoms with Gasteiger partial charge in [0.2, 0.25) is 0 Å². The quantitative estimate of drug-likeness (QED) is 0.922. The number of amides is 1. The van der Waals surface area contributed by atoms with Crippen molar-refractivity contribution in [3.05, 3.63) is 46.7 Å². The van der Waals surface area contributed by atoms with E-state index in [-0.39, 0.29) is 12.5 Å². The van der Waals surface area contributed by atoms with E-state index in [0.29, 0.717) is 23.8 Å². The first-order valence-electron chi connectivity index (χ1n) is 6.80. The number of nitrogens with zero attached hydrogens (tertiary/aromatic N) is 3. The van der Waals surface area contributed by atoms with Crippen LogP contribution in [0.15, 0.2) is 30.3 Å². The number of para-hydroxylation sites is 1. The fourth-order valence-electron chi connectivity index (χ4n) is 2.13. The Kier molecular flexibility index (Phi) is 4.98. The Hall–Kier alpha value is -1.85. The summed E-state index contributed by atoms with van der Waals surface area (Å²) in [5, 5.41) is 13.9. The first-order valence-corrected chi connectivity index (χ1v) is 7.18. The number of aliphatic hydroxyl groups excluding tert-OH is 1. The van der Waals surface area contributed by atoms with Crippen LogP contribution in [0, 0.1) is 6.92 Å². The molecule has 112 valence electrons. The van der Waals surface area contributed by atoms with Gasteiger partial charge in [-0.15, -0.1) is 0 Å². The molecular weight excluding hydrogens is 290 g/mol. The third-order valence-corrected chi connectivity index (χ3v) is 3.55. The van der Waals surface area contributed by atoms with E-state index in [1.807, 2.05) is 32.0 Å². The van der Waals surface area contributed by atoms with Crippen LogP contribution in [0.4, 0.5) is 0 Å². The third-order valence-electron chi connectivity index (χ3n) is 3.23. The molecule has 1 amide bonds. The molecule has 0 unspecified atom stereocenters. The van der Waals surface area contributed by atoms with Crippen molar-refractivity contribution < 1.29 is 9.90 Å².